The van der Waals surface area contributed by atoms with Crippen LogP contribution in [0.2, 0.25) is 0 Å². The Labute approximate surface area is 80.7 Å². The number of nitriles is 1. The first kappa shape index (κ1) is 10.5. The predicted octanol–water partition coefficient (Wildman–Crippen LogP) is 0.974. The molecule has 0 amide bonds. The standard InChI is InChI=1S/C10H19N3/c1-3-10(2,9-11)13-7-4-5-12-6-8-13/h12H,3-8H2,1-2H3. The maximum Gasteiger partial charge on any atom is 0.106 e. The molecule has 1 saturated heterocycles. The summed E-state index contributed by atoms with van der Waals surface area (Å²) in [7, 11) is 0. The lowest BCUT2D eigenvalue weighted by atomic mass is 9.98. The molecular weight excluding hydrogens is 162 g/mol. The second-order valence-electron chi connectivity index (χ2n) is 3.83. The van der Waals surface area contributed by atoms with Gasteiger partial charge in [0.1, 0.15) is 5.54 Å². The Morgan fingerprint density at radius 1 is 1.46 bits per heavy atom. The van der Waals surface area contributed by atoms with Gasteiger partial charge in [-0.15, -0.1) is 0 Å². The van der Waals surface area contributed by atoms with Crippen molar-refractivity contribution in [3.8, 4) is 6.07 Å². The van der Waals surface area contributed by atoms with Crippen molar-refractivity contribution in [3.05, 3.63) is 0 Å². The number of hydrogen-bond acceptors (Lipinski definition) is 3. The van der Waals surface area contributed by atoms with Gasteiger partial charge in [-0.25, -0.2) is 0 Å². The molecule has 0 aromatic carbocycles. The molecule has 1 aliphatic rings. The summed E-state index contributed by atoms with van der Waals surface area (Å²) in [6.07, 6.45) is 2.06. The zero-order chi connectivity index (χ0) is 9.73. The van der Waals surface area contributed by atoms with Crippen molar-refractivity contribution in [2.45, 2.75) is 32.2 Å². The Bertz CT molecular complexity index is 189. The average molecular weight is 181 g/mol. The molecule has 1 N–H and O–H groups in total. The fourth-order valence-corrected chi connectivity index (χ4v) is 1.71. The van der Waals surface area contributed by atoms with E-state index in [9.17, 15) is 0 Å². The fraction of sp³-hybridized carbons (Fsp3) is 0.900. The molecule has 3 heteroatoms. The molecular formula is C10H19N3. The van der Waals surface area contributed by atoms with Crippen LogP contribution in [0.15, 0.2) is 0 Å². The van der Waals surface area contributed by atoms with Gasteiger partial charge in [-0.05, 0) is 26.3 Å². The van der Waals surface area contributed by atoms with Gasteiger partial charge in [0, 0.05) is 19.6 Å². The highest BCUT2D eigenvalue weighted by Crippen LogP contribution is 2.18. The summed E-state index contributed by atoms with van der Waals surface area (Å²) in [5, 5.41) is 12.5. The number of hydrogen-bond donors (Lipinski definition) is 1. The first-order chi connectivity index (χ1) is 6.23. The minimum atomic E-state index is -0.258. The molecule has 0 saturated carbocycles. The molecule has 1 aliphatic heterocycles. The Morgan fingerprint density at radius 2 is 2.23 bits per heavy atom. The Kier molecular flexibility index (Phi) is 3.71. The molecule has 1 heterocycles. The van der Waals surface area contributed by atoms with Crippen LogP contribution >= 0.6 is 0 Å². The van der Waals surface area contributed by atoms with Crippen LogP contribution in [0.4, 0.5) is 0 Å². The molecule has 3 nitrogen and oxygen atoms in total. The number of nitrogens with zero attached hydrogens (tertiary/aromatic N) is 2. The van der Waals surface area contributed by atoms with E-state index < -0.39 is 0 Å². The minimum Gasteiger partial charge on any atom is -0.315 e. The van der Waals surface area contributed by atoms with Crippen LogP contribution in [-0.4, -0.2) is 36.6 Å². The molecule has 0 bridgehead atoms. The molecule has 0 radical (unpaired) electrons. The van der Waals surface area contributed by atoms with E-state index in [1.54, 1.807) is 0 Å². The Morgan fingerprint density at radius 3 is 2.85 bits per heavy atom. The van der Waals surface area contributed by atoms with Gasteiger partial charge < -0.3 is 5.32 Å². The quantitative estimate of drug-likeness (QED) is 0.690. The third kappa shape index (κ3) is 2.43. The van der Waals surface area contributed by atoms with Gasteiger partial charge in [-0.1, -0.05) is 6.92 Å². The summed E-state index contributed by atoms with van der Waals surface area (Å²) < 4.78 is 0. The van der Waals surface area contributed by atoms with Gasteiger partial charge in [-0.3, -0.25) is 4.90 Å². The summed E-state index contributed by atoms with van der Waals surface area (Å²) in [5.74, 6) is 0. The van der Waals surface area contributed by atoms with Crippen LogP contribution in [0.1, 0.15) is 26.7 Å². The maximum absolute atomic E-state index is 9.12. The smallest absolute Gasteiger partial charge is 0.106 e. The highest BCUT2D eigenvalue weighted by atomic mass is 15.2. The van der Waals surface area contributed by atoms with E-state index in [0.29, 0.717) is 0 Å². The molecule has 0 aromatic heterocycles. The average Bonchev–Trinajstić information content (AvgIpc) is 2.45. The van der Waals surface area contributed by atoms with Gasteiger partial charge in [0.05, 0.1) is 6.07 Å². The van der Waals surface area contributed by atoms with Crippen molar-refractivity contribution in [1.29, 1.82) is 5.26 Å². The van der Waals surface area contributed by atoms with Crippen molar-refractivity contribution >= 4 is 0 Å². The highest BCUT2D eigenvalue weighted by molar-refractivity contribution is 5.04. The number of rotatable bonds is 2. The predicted molar refractivity (Wildman–Crippen MR) is 53.4 cm³/mol. The van der Waals surface area contributed by atoms with Gasteiger partial charge in [0.15, 0.2) is 0 Å². The minimum absolute atomic E-state index is 0.258. The van der Waals surface area contributed by atoms with E-state index in [4.69, 9.17) is 5.26 Å². The number of nitrogens with one attached hydrogen (secondary N) is 1. The summed E-state index contributed by atoms with van der Waals surface area (Å²) in [6, 6.07) is 2.42. The lowest BCUT2D eigenvalue weighted by Crippen LogP contribution is -2.46. The largest absolute Gasteiger partial charge is 0.315 e. The monoisotopic (exact) mass is 181 g/mol. The normalized spacial score (nSPS) is 24.4. The molecule has 0 aliphatic carbocycles. The third-order valence-corrected chi connectivity index (χ3v) is 2.97. The summed E-state index contributed by atoms with van der Waals surface area (Å²) in [4.78, 5) is 2.30. The zero-order valence-corrected chi connectivity index (χ0v) is 8.64. The van der Waals surface area contributed by atoms with Crippen molar-refractivity contribution in [1.82, 2.24) is 10.2 Å². The molecule has 1 atom stereocenters. The van der Waals surface area contributed by atoms with Gasteiger partial charge in [0.25, 0.3) is 0 Å². The Balaban J connectivity index is 2.62. The van der Waals surface area contributed by atoms with E-state index in [1.807, 2.05) is 6.92 Å². The lowest BCUT2D eigenvalue weighted by molar-refractivity contribution is 0.158. The van der Waals surface area contributed by atoms with Crippen LogP contribution < -0.4 is 5.32 Å². The maximum atomic E-state index is 9.12. The van der Waals surface area contributed by atoms with Gasteiger partial charge in [0.2, 0.25) is 0 Å². The zero-order valence-electron chi connectivity index (χ0n) is 8.64. The van der Waals surface area contributed by atoms with Crippen molar-refractivity contribution in [3.63, 3.8) is 0 Å². The molecule has 1 unspecified atom stereocenters. The fourth-order valence-electron chi connectivity index (χ4n) is 1.71. The van der Waals surface area contributed by atoms with E-state index in [-0.39, 0.29) is 5.54 Å². The first-order valence-electron chi connectivity index (χ1n) is 5.10. The van der Waals surface area contributed by atoms with Gasteiger partial charge >= 0.3 is 0 Å². The van der Waals surface area contributed by atoms with E-state index in [0.717, 1.165) is 39.0 Å². The second-order valence-corrected chi connectivity index (χ2v) is 3.83. The Hall–Kier alpha value is -0.590. The molecule has 1 fully saturated rings. The first-order valence-corrected chi connectivity index (χ1v) is 5.10. The SMILES string of the molecule is CCC(C)(C#N)N1CCCNCC1. The molecule has 1 rings (SSSR count). The molecule has 74 valence electrons. The van der Waals surface area contributed by atoms with E-state index >= 15 is 0 Å². The van der Waals surface area contributed by atoms with E-state index in [1.165, 1.54) is 0 Å². The van der Waals surface area contributed by atoms with Crippen molar-refractivity contribution in [2.75, 3.05) is 26.2 Å². The second kappa shape index (κ2) is 4.59. The van der Waals surface area contributed by atoms with Crippen LogP contribution in [0, 0.1) is 11.3 Å². The van der Waals surface area contributed by atoms with Crippen molar-refractivity contribution in [2.24, 2.45) is 0 Å². The van der Waals surface area contributed by atoms with Crippen LogP contribution in [-0.2, 0) is 0 Å². The van der Waals surface area contributed by atoms with Crippen LogP contribution in [0.3, 0.4) is 0 Å². The molecule has 0 spiro atoms. The molecule has 0 aromatic rings. The highest BCUT2D eigenvalue weighted by Gasteiger charge is 2.29. The summed E-state index contributed by atoms with van der Waals surface area (Å²) in [5.41, 5.74) is -0.258. The van der Waals surface area contributed by atoms with E-state index in [2.05, 4.69) is 23.2 Å². The lowest BCUT2D eigenvalue weighted by Gasteiger charge is -2.34. The van der Waals surface area contributed by atoms with Crippen LogP contribution in [0.25, 0.3) is 0 Å². The van der Waals surface area contributed by atoms with Crippen molar-refractivity contribution < 1.29 is 0 Å². The van der Waals surface area contributed by atoms with Crippen LogP contribution in [0.5, 0.6) is 0 Å². The third-order valence-electron chi connectivity index (χ3n) is 2.97. The molecule has 13 heavy (non-hydrogen) atoms. The topological polar surface area (TPSA) is 39.1 Å². The van der Waals surface area contributed by atoms with Gasteiger partial charge in [-0.2, -0.15) is 5.26 Å². The summed E-state index contributed by atoms with van der Waals surface area (Å²) in [6.45, 7) is 8.27. The summed E-state index contributed by atoms with van der Waals surface area (Å²) >= 11 is 0.